The van der Waals surface area contributed by atoms with Gasteiger partial charge in [-0.3, -0.25) is 4.99 Å². The Kier molecular flexibility index (Phi) is 3.57. The quantitative estimate of drug-likeness (QED) is 0.460. The lowest BCUT2D eigenvalue weighted by molar-refractivity contribution is 0.0720. The molecule has 0 saturated heterocycles. The Labute approximate surface area is 123 Å². The number of aliphatic hydroxyl groups is 1. The molecule has 2 aliphatic carbocycles. The van der Waals surface area contributed by atoms with E-state index in [1.165, 1.54) is 12.0 Å². The van der Waals surface area contributed by atoms with E-state index in [9.17, 15) is 5.11 Å². The molecule has 3 nitrogen and oxygen atoms in total. The molecule has 0 aromatic rings. The molecule has 0 radical (unpaired) electrons. The van der Waals surface area contributed by atoms with E-state index >= 15 is 0 Å². The Morgan fingerprint density at radius 1 is 1.40 bits per heavy atom. The predicted octanol–water partition coefficient (Wildman–Crippen LogP) is 3.28. The van der Waals surface area contributed by atoms with E-state index in [-0.39, 0.29) is 5.54 Å². The SMILES string of the molecule is CC(N)=N[C@@]1(C)[C@H]2C[C@H](/C(C)=C/CCC(C)(C)O)C21C. The van der Waals surface area contributed by atoms with Gasteiger partial charge in [-0.25, -0.2) is 0 Å². The lowest BCUT2D eigenvalue weighted by Gasteiger charge is -2.34. The third-order valence-corrected chi connectivity index (χ3v) is 5.79. The van der Waals surface area contributed by atoms with Crippen molar-refractivity contribution in [1.82, 2.24) is 0 Å². The zero-order chi connectivity index (χ0) is 15.3. The monoisotopic (exact) mass is 278 g/mol. The molecule has 0 aromatic heterocycles. The second-order valence-electron chi connectivity index (χ2n) is 7.82. The molecule has 20 heavy (non-hydrogen) atoms. The number of fused-ring (bicyclic) bond motifs is 1. The van der Waals surface area contributed by atoms with E-state index < -0.39 is 5.60 Å². The first-order chi connectivity index (χ1) is 9.02. The molecule has 3 heteroatoms. The minimum Gasteiger partial charge on any atom is -0.390 e. The van der Waals surface area contributed by atoms with Crippen LogP contribution in [-0.2, 0) is 0 Å². The van der Waals surface area contributed by atoms with Crippen molar-refractivity contribution in [3.05, 3.63) is 11.6 Å². The third kappa shape index (κ3) is 2.30. The first kappa shape index (κ1) is 15.6. The number of amidine groups is 1. The van der Waals surface area contributed by atoms with Gasteiger partial charge >= 0.3 is 0 Å². The number of nitrogens with zero attached hydrogens (tertiary/aromatic N) is 1. The minimum atomic E-state index is -0.572. The number of aliphatic imine (C=N–C) groups is 1. The van der Waals surface area contributed by atoms with E-state index in [2.05, 4.69) is 26.8 Å². The molecule has 0 amide bonds. The number of hydrogen-bond acceptors (Lipinski definition) is 2. The van der Waals surface area contributed by atoms with Gasteiger partial charge in [0.05, 0.1) is 17.0 Å². The molecular weight excluding hydrogens is 248 g/mol. The van der Waals surface area contributed by atoms with Crippen LogP contribution in [0.4, 0.5) is 0 Å². The summed E-state index contributed by atoms with van der Waals surface area (Å²) in [6, 6.07) is 0. The van der Waals surface area contributed by atoms with Crippen LogP contribution in [0.2, 0.25) is 0 Å². The summed E-state index contributed by atoms with van der Waals surface area (Å²) >= 11 is 0. The lowest BCUT2D eigenvalue weighted by atomic mass is 9.70. The summed E-state index contributed by atoms with van der Waals surface area (Å²) in [6.45, 7) is 12.5. The van der Waals surface area contributed by atoms with E-state index in [0.717, 1.165) is 12.8 Å². The maximum Gasteiger partial charge on any atom is 0.0912 e. The van der Waals surface area contributed by atoms with Gasteiger partial charge in [0.25, 0.3) is 0 Å². The van der Waals surface area contributed by atoms with Gasteiger partial charge in [0, 0.05) is 5.41 Å². The highest BCUT2D eigenvalue weighted by Gasteiger charge is 2.81. The highest BCUT2D eigenvalue weighted by molar-refractivity contribution is 5.78. The molecule has 2 fully saturated rings. The second kappa shape index (κ2) is 4.59. The molecule has 0 spiro atoms. The van der Waals surface area contributed by atoms with Crippen molar-refractivity contribution in [2.24, 2.45) is 28.0 Å². The fourth-order valence-electron chi connectivity index (χ4n) is 4.32. The van der Waals surface area contributed by atoms with Crippen molar-refractivity contribution in [3.8, 4) is 0 Å². The summed E-state index contributed by atoms with van der Waals surface area (Å²) in [4.78, 5) is 4.70. The number of rotatable bonds is 5. The fourth-order valence-corrected chi connectivity index (χ4v) is 4.32. The van der Waals surface area contributed by atoms with Gasteiger partial charge in [0.1, 0.15) is 0 Å². The van der Waals surface area contributed by atoms with Gasteiger partial charge in [-0.1, -0.05) is 18.6 Å². The zero-order valence-electron chi connectivity index (χ0n) is 13.8. The molecule has 0 aromatic carbocycles. The van der Waals surface area contributed by atoms with Gasteiger partial charge in [-0.15, -0.1) is 0 Å². The molecule has 3 N–H and O–H groups in total. The Bertz CT molecular complexity index is 456. The summed E-state index contributed by atoms with van der Waals surface area (Å²) in [5.74, 6) is 2.02. The van der Waals surface area contributed by atoms with E-state index in [0.29, 0.717) is 23.1 Å². The van der Waals surface area contributed by atoms with Crippen LogP contribution in [0.5, 0.6) is 0 Å². The standard InChI is InChI=1S/C17H30N2O/c1-11(8-7-9-15(3,4)20)13-10-14-16(13,5)17(14,6)19-12(2)18/h8,13-14,20H,7,9-10H2,1-6H3,(H2,18,19)/b11-8+/t13-,14+,16?,17+/m1/s1. The fraction of sp³-hybridized carbons (Fsp3) is 0.824. The summed E-state index contributed by atoms with van der Waals surface area (Å²) < 4.78 is 0. The van der Waals surface area contributed by atoms with Crippen LogP contribution in [0.1, 0.15) is 60.8 Å². The summed E-state index contributed by atoms with van der Waals surface area (Å²) in [6.07, 6.45) is 5.30. The van der Waals surface area contributed by atoms with Gasteiger partial charge in [-0.05, 0) is 65.7 Å². The molecule has 0 bridgehead atoms. The Morgan fingerprint density at radius 2 is 2.00 bits per heavy atom. The van der Waals surface area contributed by atoms with E-state index in [1.807, 2.05) is 20.8 Å². The maximum atomic E-state index is 9.77. The molecule has 0 aliphatic heterocycles. The molecule has 2 rings (SSSR count). The highest BCUT2D eigenvalue weighted by atomic mass is 16.3. The highest BCUT2D eigenvalue weighted by Crippen LogP contribution is 2.80. The van der Waals surface area contributed by atoms with Crippen LogP contribution in [-0.4, -0.2) is 22.1 Å². The Balaban J connectivity index is 2.00. The van der Waals surface area contributed by atoms with Crippen LogP contribution in [0, 0.1) is 17.3 Å². The molecule has 114 valence electrons. The Hall–Kier alpha value is -0.830. The largest absolute Gasteiger partial charge is 0.390 e. The average molecular weight is 278 g/mol. The van der Waals surface area contributed by atoms with Crippen LogP contribution in [0.3, 0.4) is 0 Å². The van der Waals surface area contributed by atoms with Crippen LogP contribution >= 0.6 is 0 Å². The number of nitrogens with two attached hydrogens (primary N) is 1. The topological polar surface area (TPSA) is 58.6 Å². The number of allylic oxidation sites excluding steroid dienone is 2. The molecule has 0 heterocycles. The average Bonchev–Trinajstić information content (AvgIpc) is 2.55. The predicted molar refractivity (Wildman–Crippen MR) is 84.7 cm³/mol. The molecule has 4 atom stereocenters. The molecule has 2 aliphatic rings. The van der Waals surface area contributed by atoms with E-state index in [1.54, 1.807) is 0 Å². The summed E-state index contributed by atoms with van der Waals surface area (Å²) in [7, 11) is 0. The van der Waals surface area contributed by atoms with Crippen molar-refractivity contribution in [2.45, 2.75) is 71.9 Å². The molecule has 1 unspecified atom stereocenters. The first-order valence-electron chi connectivity index (χ1n) is 7.73. The second-order valence-corrected chi connectivity index (χ2v) is 7.82. The smallest absolute Gasteiger partial charge is 0.0912 e. The minimum absolute atomic E-state index is 0.0435. The maximum absolute atomic E-state index is 9.77. The molecule has 2 saturated carbocycles. The number of hydrogen-bond donors (Lipinski definition) is 2. The van der Waals surface area contributed by atoms with Crippen molar-refractivity contribution in [1.29, 1.82) is 0 Å². The van der Waals surface area contributed by atoms with Crippen LogP contribution in [0.25, 0.3) is 0 Å². The zero-order valence-corrected chi connectivity index (χ0v) is 13.8. The van der Waals surface area contributed by atoms with Crippen molar-refractivity contribution >= 4 is 5.84 Å². The summed E-state index contributed by atoms with van der Waals surface area (Å²) in [5, 5.41) is 9.77. The van der Waals surface area contributed by atoms with Crippen molar-refractivity contribution in [2.75, 3.05) is 0 Å². The third-order valence-electron chi connectivity index (χ3n) is 5.79. The van der Waals surface area contributed by atoms with Gasteiger partial charge in [-0.2, -0.15) is 0 Å². The summed E-state index contributed by atoms with van der Waals surface area (Å²) in [5.41, 5.74) is 7.01. The van der Waals surface area contributed by atoms with Gasteiger partial charge < -0.3 is 10.8 Å². The Morgan fingerprint density at radius 3 is 2.50 bits per heavy atom. The van der Waals surface area contributed by atoms with Crippen molar-refractivity contribution in [3.63, 3.8) is 0 Å². The first-order valence-corrected chi connectivity index (χ1v) is 7.73. The van der Waals surface area contributed by atoms with E-state index in [4.69, 9.17) is 10.7 Å². The van der Waals surface area contributed by atoms with Crippen LogP contribution in [0.15, 0.2) is 16.6 Å². The molecular formula is C17H30N2O. The van der Waals surface area contributed by atoms with Crippen molar-refractivity contribution < 1.29 is 5.11 Å². The van der Waals surface area contributed by atoms with Crippen LogP contribution < -0.4 is 5.73 Å². The lowest BCUT2D eigenvalue weighted by Crippen LogP contribution is -2.28. The van der Waals surface area contributed by atoms with Gasteiger partial charge in [0.2, 0.25) is 0 Å². The normalized spacial score (nSPS) is 41.1. The van der Waals surface area contributed by atoms with Gasteiger partial charge in [0.15, 0.2) is 0 Å².